The monoisotopic (exact) mass is 272 g/mol. The second-order valence-corrected chi connectivity index (χ2v) is 5.48. The number of fused-ring (bicyclic) bond motifs is 1. The van der Waals surface area contributed by atoms with Crippen molar-refractivity contribution in [1.29, 1.82) is 0 Å². The number of aromatic amines is 1. The van der Waals surface area contributed by atoms with Gasteiger partial charge in [-0.15, -0.1) is 11.3 Å². The second kappa shape index (κ2) is 5.11. The third-order valence-corrected chi connectivity index (χ3v) is 3.95. The molecule has 0 atom stereocenters. The van der Waals surface area contributed by atoms with Gasteiger partial charge < -0.3 is 10.3 Å². The van der Waals surface area contributed by atoms with Gasteiger partial charge in [-0.05, 0) is 26.1 Å². The average Bonchev–Trinajstić information content (AvgIpc) is 3.00. The fourth-order valence-corrected chi connectivity index (χ4v) is 2.89. The van der Waals surface area contributed by atoms with Gasteiger partial charge in [-0.25, -0.2) is 9.97 Å². The summed E-state index contributed by atoms with van der Waals surface area (Å²) in [6.45, 7) is 2.93. The number of aryl methyl sites for hydroxylation is 1. The Balaban J connectivity index is 1.92. The highest BCUT2D eigenvalue weighted by Gasteiger charge is 2.06. The quantitative estimate of drug-likeness (QED) is 0.768. The number of hydrogen-bond donors (Lipinski definition) is 2. The summed E-state index contributed by atoms with van der Waals surface area (Å²) in [4.78, 5) is 12.4. The minimum atomic E-state index is 0.945. The summed E-state index contributed by atoms with van der Waals surface area (Å²) in [6.07, 6.45) is 0.979. The highest BCUT2D eigenvalue weighted by molar-refractivity contribution is 7.09. The molecule has 5 heteroatoms. The van der Waals surface area contributed by atoms with Crippen LogP contribution in [0.25, 0.3) is 22.3 Å². The van der Waals surface area contributed by atoms with Crippen molar-refractivity contribution in [2.75, 3.05) is 13.6 Å². The third-order valence-electron chi connectivity index (χ3n) is 3.04. The average molecular weight is 272 g/mol. The zero-order valence-corrected chi connectivity index (χ0v) is 11.8. The fraction of sp³-hybridized carbons (Fsp3) is 0.286. The van der Waals surface area contributed by atoms with Crippen LogP contribution in [0.4, 0.5) is 0 Å². The SMILES string of the molecule is CNCCc1nc(-c2ccc3nc(C)[nH]c3c2)cs1. The van der Waals surface area contributed by atoms with Gasteiger partial charge in [0, 0.05) is 23.9 Å². The van der Waals surface area contributed by atoms with Gasteiger partial charge in [0.25, 0.3) is 0 Å². The van der Waals surface area contributed by atoms with Crippen LogP contribution < -0.4 is 5.32 Å². The van der Waals surface area contributed by atoms with Crippen LogP contribution in [0.5, 0.6) is 0 Å². The normalized spacial score (nSPS) is 11.3. The number of nitrogens with one attached hydrogen (secondary N) is 2. The van der Waals surface area contributed by atoms with Crippen LogP contribution in [0.3, 0.4) is 0 Å². The molecule has 2 heterocycles. The Morgan fingerprint density at radius 2 is 2.21 bits per heavy atom. The highest BCUT2D eigenvalue weighted by Crippen LogP contribution is 2.25. The van der Waals surface area contributed by atoms with Crippen molar-refractivity contribution in [3.63, 3.8) is 0 Å². The molecule has 0 saturated heterocycles. The first kappa shape index (κ1) is 12.3. The summed E-state index contributed by atoms with van der Waals surface area (Å²) < 4.78 is 0. The molecular formula is C14H16N4S. The van der Waals surface area contributed by atoms with Gasteiger partial charge >= 0.3 is 0 Å². The lowest BCUT2D eigenvalue weighted by molar-refractivity contribution is 0.788. The number of imidazole rings is 1. The van der Waals surface area contributed by atoms with Gasteiger partial charge in [-0.1, -0.05) is 6.07 Å². The lowest BCUT2D eigenvalue weighted by Gasteiger charge is -1.97. The first-order chi connectivity index (χ1) is 9.26. The molecular weight excluding hydrogens is 256 g/mol. The van der Waals surface area contributed by atoms with Crippen molar-refractivity contribution in [2.45, 2.75) is 13.3 Å². The number of thiazole rings is 1. The number of benzene rings is 1. The summed E-state index contributed by atoms with van der Waals surface area (Å²) in [6, 6.07) is 6.24. The zero-order chi connectivity index (χ0) is 13.2. The van der Waals surface area contributed by atoms with Crippen molar-refractivity contribution in [2.24, 2.45) is 0 Å². The van der Waals surface area contributed by atoms with Crippen LogP contribution in [0, 0.1) is 6.92 Å². The van der Waals surface area contributed by atoms with Gasteiger partial charge in [0.05, 0.1) is 21.7 Å². The Hall–Kier alpha value is -1.72. The van der Waals surface area contributed by atoms with Crippen LogP contribution in [0.15, 0.2) is 23.6 Å². The van der Waals surface area contributed by atoms with Crippen LogP contribution in [0.2, 0.25) is 0 Å². The summed E-state index contributed by atoms with van der Waals surface area (Å²) >= 11 is 1.72. The Morgan fingerprint density at radius 3 is 3.05 bits per heavy atom. The maximum absolute atomic E-state index is 4.68. The number of H-pyrrole nitrogens is 1. The molecule has 98 valence electrons. The van der Waals surface area contributed by atoms with E-state index in [0.29, 0.717) is 0 Å². The number of likely N-dealkylation sites (N-methyl/N-ethyl adjacent to an activating group) is 1. The Bertz CT molecular complexity index is 698. The molecule has 0 saturated carbocycles. The standard InChI is InChI=1S/C14H16N4S/c1-9-16-11-4-3-10(7-12(11)17-9)13-8-19-14(18-13)5-6-15-2/h3-4,7-8,15H,5-6H2,1-2H3,(H,16,17). The van der Waals surface area contributed by atoms with E-state index in [4.69, 9.17) is 0 Å². The number of aromatic nitrogens is 3. The van der Waals surface area contributed by atoms with E-state index in [0.717, 1.165) is 41.1 Å². The summed E-state index contributed by atoms with van der Waals surface area (Å²) in [7, 11) is 1.96. The van der Waals surface area contributed by atoms with Crippen molar-refractivity contribution in [1.82, 2.24) is 20.3 Å². The first-order valence-corrected chi connectivity index (χ1v) is 7.20. The van der Waals surface area contributed by atoms with Crippen LogP contribution >= 0.6 is 11.3 Å². The topological polar surface area (TPSA) is 53.6 Å². The number of hydrogen-bond acceptors (Lipinski definition) is 4. The van der Waals surface area contributed by atoms with E-state index in [1.165, 1.54) is 5.01 Å². The molecule has 0 spiro atoms. The van der Waals surface area contributed by atoms with E-state index in [1.54, 1.807) is 11.3 Å². The minimum Gasteiger partial charge on any atom is -0.342 e. The van der Waals surface area contributed by atoms with Gasteiger partial charge in [-0.3, -0.25) is 0 Å². The molecule has 0 aliphatic carbocycles. The molecule has 19 heavy (non-hydrogen) atoms. The molecule has 3 rings (SSSR count). The van der Waals surface area contributed by atoms with E-state index in [9.17, 15) is 0 Å². The molecule has 0 fully saturated rings. The Kier molecular flexibility index (Phi) is 3.31. The molecule has 0 bridgehead atoms. The van der Waals surface area contributed by atoms with Crippen molar-refractivity contribution in [3.05, 3.63) is 34.4 Å². The molecule has 0 amide bonds. The van der Waals surface area contributed by atoms with E-state index in [2.05, 4.69) is 37.8 Å². The van der Waals surface area contributed by atoms with Crippen LogP contribution in [-0.2, 0) is 6.42 Å². The van der Waals surface area contributed by atoms with Gasteiger partial charge in [0.15, 0.2) is 0 Å². The van der Waals surface area contributed by atoms with Gasteiger partial charge in [0.1, 0.15) is 5.82 Å². The number of nitrogens with zero attached hydrogens (tertiary/aromatic N) is 2. The molecule has 0 aliphatic rings. The summed E-state index contributed by atoms with van der Waals surface area (Å²) in [5.74, 6) is 0.945. The molecule has 3 aromatic rings. The lowest BCUT2D eigenvalue weighted by atomic mass is 10.1. The first-order valence-electron chi connectivity index (χ1n) is 6.32. The predicted molar refractivity (Wildman–Crippen MR) is 79.6 cm³/mol. The van der Waals surface area contributed by atoms with Crippen molar-refractivity contribution in [3.8, 4) is 11.3 Å². The predicted octanol–water partition coefficient (Wildman–Crippen LogP) is 2.76. The maximum Gasteiger partial charge on any atom is 0.104 e. The molecule has 2 aromatic heterocycles. The second-order valence-electron chi connectivity index (χ2n) is 4.53. The molecule has 2 N–H and O–H groups in total. The Labute approximate surface area is 115 Å². The van der Waals surface area contributed by atoms with Gasteiger partial charge in [0.2, 0.25) is 0 Å². The fourth-order valence-electron chi connectivity index (χ4n) is 2.09. The number of rotatable bonds is 4. The van der Waals surface area contributed by atoms with E-state index in [1.807, 2.05) is 20.0 Å². The molecule has 4 nitrogen and oxygen atoms in total. The minimum absolute atomic E-state index is 0.945. The van der Waals surface area contributed by atoms with Crippen molar-refractivity contribution < 1.29 is 0 Å². The third kappa shape index (κ3) is 2.52. The summed E-state index contributed by atoms with van der Waals surface area (Å²) in [5, 5.41) is 6.44. The van der Waals surface area contributed by atoms with Crippen molar-refractivity contribution >= 4 is 22.4 Å². The van der Waals surface area contributed by atoms with Crippen LogP contribution in [0.1, 0.15) is 10.8 Å². The Morgan fingerprint density at radius 1 is 1.32 bits per heavy atom. The van der Waals surface area contributed by atoms with Crippen LogP contribution in [-0.4, -0.2) is 28.5 Å². The zero-order valence-electron chi connectivity index (χ0n) is 11.0. The lowest BCUT2D eigenvalue weighted by Crippen LogP contribution is -2.09. The molecule has 0 unspecified atom stereocenters. The van der Waals surface area contributed by atoms with Gasteiger partial charge in [-0.2, -0.15) is 0 Å². The smallest absolute Gasteiger partial charge is 0.104 e. The maximum atomic E-state index is 4.68. The molecule has 1 aromatic carbocycles. The molecule has 0 aliphatic heterocycles. The highest BCUT2D eigenvalue weighted by atomic mass is 32.1. The van der Waals surface area contributed by atoms with E-state index in [-0.39, 0.29) is 0 Å². The molecule has 0 radical (unpaired) electrons. The largest absolute Gasteiger partial charge is 0.342 e. The van der Waals surface area contributed by atoms with E-state index < -0.39 is 0 Å². The summed E-state index contributed by atoms with van der Waals surface area (Å²) in [5.41, 5.74) is 4.26. The van der Waals surface area contributed by atoms with E-state index >= 15 is 0 Å².